The van der Waals surface area contributed by atoms with E-state index >= 15 is 0 Å². The Morgan fingerprint density at radius 3 is 3.06 bits per heavy atom. The van der Waals surface area contributed by atoms with Crippen LogP contribution in [0.4, 0.5) is 0 Å². The first-order valence-corrected chi connectivity index (χ1v) is 7.56. The molecule has 0 spiro atoms. The van der Waals surface area contributed by atoms with Gasteiger partial charge in [-0.2, -0.15) is 0 Å². The van der Waals surface area contributed by atoms with Crippen LogP contribution in [-0.2, 0) is 12.8 Å². The lowest BCUT2D eigenvalue weighted by atomic mass is 9.88. The number of nitrogens with zero attached hydrogens (tertiary/aromatic N) is 1. The summed E-state index contributed by atoms with van der Waals surface area (Å²) in [7, 11) is 0. The molecular formula is C14H19NO2S. The van der Waals surface area contributed by atoms with Gasteiger partial charge in [-0.3, -0.25) is 4.79 Å². The van der Waals surface area contributed by atoms with Gasteiger partial charge in [0.15, 0.2) is 0 Å². The molecule has 0 saturated carbocycles. The van der Waals surface area contributed by atoms with E-state index < -0.39 is 0 Å². The number of fused-ring (bicyclic) bond motifs is 1. The van der Waals surface area contributed by atoms with Gasteiger partial charge in [0.2, 0.25) is 0 Å². The Morgan fingerprint density at radius 1 is 1.56 bits per heavy atom. The highest BCUT2D eigenvalue weighted by Gasteiger charge is 2.33. The Kier molecular flexibility index (Phi) is 3.16. The van der Waals surface area contributed by atoms with E-state index in [1.165, 1.54) is 16.9 Å². The van der Waals surface area contributed by atoms with Crippen LogP contribution < -0.4 is 0 Å². The standard InChI is InChI=1S/C14H19NO2S/c1-9-2-3-11-12(8-18-13(11)4-9)14(17)15-5-10(6-15)7-16/h8-10,16H,2-7H2,1H3. The Hall–Kier alpha value is -0.870. The molecule has 1 aliphatic carbocycles. The van der Waals surface area contributed by atoms with Crippen molar-refractivity contribution in [1.82, 2.24) is 4.90 Å². The van der Waals surface area contributed by atoms with Crippen LogP contribution in [0.1, 0.15) is 34.1 Å². The second-order valence-corrected chi connectivity index (χ2v) is 6.62. The number of amides is 1. The Balaban J connectivity index is 1.75. The lowest BCUT2D eigenvalue weighted by Gasteiger charge is -2.38. The summed E-state index contributed by atoms with van der Waals surface area (Å²) in [6.07, 6.45) is 3.38. The Bertz CT molecular complexity index is 462. The van der Waals surface area contributed by atoms with Crippen LogP contribution in [0.25, 0.3) is 0 Å². The van der Waals surface area contributed by atoms with E-state index in [1.54, 1.807) is 11.3 Å². The van der Waals surface area contributed by atoms with Gasteiger partial charge in [-0.15, -0.1) is 11.3 Å². The molecule has 1 aromatic heterocycles. The Labute approximate surface area is 111 Å². The molecular weight excluding hydrogens is 246 g/mol. The van der Waals surface area contributed by atoms with Gasteiger partial charge in [0, 0.05) is 35.9 Å². The van der Waals surface area contributed by atoms with Crippen LogP contribution in [0, 0.1) is 11.8 Å². The van der Waals surface area contributed by atoms with Crippen molar-refractivity contribution in [3.05, 3.63) is 21.4 Å². The van der Waals surface area contributed by atoms with Gasteiger partial charge in [0.05, 0.1) is 5.56 Å². The summed E-state index contributed by atoms with van der Waals surface area (Å²) in [5.74, 6) is 1.22. The molecule has 98 valence electrons. The SMILES string of the molecule is CC1CCc2c(C(=O)N3CC(CO)C3)csc2C1. The minimum absolute atomic E-state index is 0.173. The second-order valence-electron chi connectivity index (χ2n) is 5.66. The van der Waals surface area contributed by atoms with E-state index in [-0.39, 0.29) is 12.5 Å². The van der Waals surface area contributed by atoms with Crippen LogP contribution in [0.15, 0.2) is 5.38 Å². The molecule has 18 heavy (non-hydrogen) atoms. The van der Waals surface area contributed by atoms with E-state index in [0.717, 1.165) is 37.4 Å². The number of likely N-dealkylation sites (tertiary alicyclic amines) is 1. The minimum Gasteiger partial charge on any atom is -0.396 e. The van der Waals surface area contributed by atoms with E-state index in [2.05, 4.69) is 6.92 Å². The van der Waals surface area contributed by atoms with Crippen molar-refractivity contribution < 1.29 is 9.90 Å². The normalized spacial score (nSPS) is 23.7. The molecule has 1 N–H and O–H groups in total. The molecule has 1 amide bonds. The number of hydrogen-bond donors (Lipinski definition) is 1. The fourth-order valence-corrected chi connectivity index (χ4v) is 4.12. The summed E-state index contributed by atoms with van der Waals surface area (Å²) in [4.78, 5) is 15.6. The molecule has 3 nitrogen and oxygen atoms in total. The van der Waals surface area contributed by atoms with Crippen molar-refractivity contribution in [3.8, 4) is 0 Å². The van der Waals surface area contributed by atoms with Gasteiger partial charge in [0.25, 0.3) is 5.91 Å². The number of aliphatic hydroxyl groups is 1. The summed E-state index contributed by atoms with van der Waals surface area (Å²) in [6, 6.07) is 0. The third kappa shape index (κ3) is 1.97. The zero-order valence-electron chi connectivity index (χ0n) is 10.7. The highest BCUT2D eigenvalue weighted by Crippen LogP contribution is 2.34. The summed E-state index contributed by atoms with van der Waals surface area (Å²) in [5.41, 5.74) is 2.23. The predicted octanol–water partition coefficient (Wildman–Crippen LogP) is 1.94. The second kappa shape index (κ2) is 4.67. The topological polar surface area (TPSA) is 40.5 Å². The van der Waals surface area contributed by atoms with Crippen LogP contribution in [0.2, 0.25) is 0 Å². The van der Waals surface area contributed by atoms with Crippen molar-refractivity contribution in [1.29, 1.82) is 0 Å². The van der Waals surface area contributed by atoms with Crippen LogP contribution in [-0.4, -0.2) is 35.6 Å². The zero-order valence-corrected chi connectivity index (χ0v) is 11.5. The molecule has 0 aromatic carbocycles. The zero-order chi connectivity index (χ0) is 12.7. The number of hydrogen-bond acceptors (Lipinski definition) is 3. The van der Waals surface area contributed by atoms with Gasteiger partial charge < -0.3 is 10.0 Å². The average Bonchev–Trinajstić information content (AvgIpc) is 2.70. The minimum atomic E-state index is 0.173. The molecule has 1 aromatic rings. The average molecular weight is 265 g/mol. The van der Waals surface area contributed by atoms with Crippen molar-refractivity contribution in [2.75, 3.05) is 19.7 Å². The predicted molar refractivity (Wildman–Crippen MR) is 72.0 cm³/mol. The highest BCUT2D eigenvalue weighted by atomic mass is 32.1. The number of aliphatic hydroxyl groups excluding tert-OH is 1. The molecule has 3 rings (SSSR count). The number of rotatable bonds is 2. The van der Waals surface area contributed by atoms with Gasteiger partial charge in [-0.05, 0) is 30.7 Å². The maximum Gasteiger partial charge on any atom is 0.255 e. The molecule has 1 saturated heterocycles. The Morgan fingerprint density at radius 2 is 2.33 bits per heavy atom. The van der Waals surface area contributed by atoms with E-state index in [4.69, 9.17) is 5.11 Å². The maximum atomic E-state index is 12.4. The molecule has 4 heteroatoms. The van der Waals surface area contributed by atoms with E-state index in [1.807, 2.05) is 10.3 Å². The molecule has 0 radical (unpaired) electrons. The van der Waals surface area contributed by atoms with Crippen LogP contribution in [0.3, 0.4) is 0 Å². The maximum absolute atomic E-state index is 12.4. The van der Waals surface area contributed by atoms with Crippen LogP contribution in [0.5, 0.6) is 0 Å². The third-order valence-corrected chi connectivity index (χ3v) is 5.19. The molecule has 2 heterocycles. The third-order valence-electron chi connectivity index (χ3n) is 4.13. The van der Waals surface area contributed by atoms with E-state index in [9.17, 15) is 4.79 Å². The fourth-order valence-electron chi connectivity index (χ4n) is 2.88. The van der Waals surface area contributed by atoms with Crippen LogP contribution >= 0.6 is 11.3 Å². The molecule has 1 atom stereocenters. The fraction of sp³-hybridized carbons (Fsp3) is 0.643. The molecule has 0 bridgehead atoms. The summed E-state index contributed by atoms with van der Waals surface area (Å²) in [6.45, 7) is 3.92. The quantitative estimate of drug-likeness (QED) is 0.887. The summed E-state index contributed by atoms with van der Waals surface area (Å²) >= 11 is 1.75. The van der Waals surface area contributed by atoms with Crippen molar-refractivity contribution in [3.63, 3.8) is 0 Å². The van der Waals surface area contributed by atoms with Crippen molar-refractivity contribution in [2.24, 2.45) is 11.8 Å². The first-order chi connectivity index (χ1) is 8.69. The first-order valence-electron chi connectivity index (χ1n) is 6.68. The monoisotopic (exact) mass is 265 g/mol. The summed E-state index contributed by atoms with van der Waals surface area (Å²) in [5, 5.41) is 11.0. The highest BCUT2D eigenvalue weighted by molar-refractivity contribution is 7.10. The number of carbonyl (C=O) groups excluding carboxylic acids is 1. The van der Waals surface area contributed by atoms with Gasteiger partial charge in [0.1, 0.15) is 0 Å². The van der Waals surface area contributed by atoms with E-state index in [0.29, 0.717) is 5.92 Å². The van der Waals surface area contributed by atoms with Crippen molar-refractivity contribution in [2.45, 2.75) is 26.2 Å². The van der Waals surface area contributed by atoms with Gasteiger partial charge >= 0.3 is 0 Å². The summed E-state index contributed by atoms with van der Waals surface area (Å²) < 4.78 is 0. The molecule has 1 unspecified atom stereocenters. The largest absolute Gasteiger partial charge is 0.396 e. The first kappa shape index (κ1) is 12.2. The smallest absolute Gasteiger partial charge is 0.255 e. The lowest BCUT2D eigenvalue weighted by Crippen LogP contribution is -2.51. The molecule has 1 aliphatic heterocycles. The van der Waals surface area contributed by atoms with Gasteiger partial charge in [-0.25, -0.2) is 0 Å². The lowest BCUT2D eigenvalue weighted by molar-refractivity contribution is 0.0361. The number of thiophene rings is 1. The van der Waals surface area contributed by atoms with Crippen molar-refractivity contribution >= 4 is 17.2 Å². The number of carbonyl (C=O) groups is 1. The van der Waals surface area contributed by atoms with Gasteiger partial charge in [-0.1, -0.05) is 6.92 Å². The molecule has 2 aliphatic rings. The molecule has 1 fully saturated rings.